The van der Waals surface area contributed by atoms with E-state index in [1.54, 1.807) is 0 Å². The van der Waals surface area contributed by atoms with Gasteiger partial charge in [-0.1, -0.05) is 22.5 Å². The molecule has 0 aromatic heterocycles. The Bertz CT molecular complexity index is 145. The molecule has 0 aliphatic heterocycles. The zero-order valence-electron chi connectivity index (χ0n) is 6.52. The highest BCUT2D eigenvalue weighted by molar-refractivity contribution is 9.11. The molecule has 0 bridgehead atoms. The lowest BCUT2D eigenvalue weighted by Gasteiger charge is -2.09. The van der Waals surface area contributed by atoms with E-state index in [1.165, 1.54) is 12.8 Å². The van der Waals surface area contributed by atoms with Crippen molar-refractivity contribution in [2.75, 3.05) is 13.1 Å². The minimum Gasteiger partial charge on any atom is -0.392 e. The van der Waals surface area contributed by atoms with Crippen LogP contribution in [0.4, 0.5) is 0 Å². The molecule has 0 spiro atoms. The normalized spacial score (nSPS) is 19.8. The molecule has 11 heavy (non-hydrogen) atoms. The summed E-state index contributed by atoms with van der Waals surface area (Å²) in [5.74, 6) is 0.561. The Morgan fingerprint density at radius 3 is 2.82 bits per heavy atom. The van der Waals surface area contributed by atoms with Crippen LogP contribution in [0.2, 0.25) is 0 Å². The number of hydrogen-bond donors (Lipinski definition) is 2. The van der Waals surface area contributed by atoms with Gasteiger partial charge in [0.1, 0.15) is 0 Å². The number of nitrogens with one attached hydrogen (secondary N) is 1. The zero-order valence-corrected chi connectivity index (χ0v) is 8.10. The van der Waals surface area contributed by atoms with Crippen molar-refractivity contribution < 1.29 is 5.11 Å². The summed E-state index contributed by atoms with van der Waals surface area (Å²) in [6, 6.07) is 0. The largest absolute Gasteiger partial charge is 0.392 e. The Labute approximate surface area is 75.8 Å². The van der Waals surface area contributed by atoms with Crippen LogP contribution >= 0.6 is 15.9 Å². The predicted molar refractivity (Wildman–Crippen MR) is 49.7 cm³/mol. The lowest BCUT2D eigenvalue weighted by molar-refractivity contribution is 0.150. The SMILES string of the molecule is C=C(Br)CNCC(O)C1CC1. The fourth-order valence-corrected chi connectivity index (χ4v) is 1.20. The molecule has 2 N–H and O–H groups in total. The lowest BCUT2D eigenvalue weighted by Crippen LogP contribution is -2.28. The Morgan fingerprint density at radius 1 is 1.73 bits per heavy atom. The topological polar surface area (TPSA) is 32.3 Å². The molecule has 0 saturated heterocycles. The third-order valence-corrected chi connectivity index (χ3v) is 2.12. The molecule has 0 aromatic rings. The molecule has 0 amide bonds. The van der Waals surface area contributed by atoms with Gasteiger partial charge in [0.25, 0.3) is 0 Å². The second-order valence-corrected chi connectivity index (χ2v) is 4.17. The van der Waals surface area contributed by atoms with Crippen molar-refractivity contribution in [3.8, 4) is 0 Å². The molecule has 64 valence electrons. The van der Waals surface area contributed by atoms with E-state index in [0.717, 1.165) is 11.0 Å². The van der Waals surface area contributed by atoms with Crippen LogP contribution in [0.3, 0.4) is 0 Å². The van der Waals surface area contributed by atoms with Crippen LogP contribution in [-0.2, 0) is 0 Å². The lowest BCUT2D eigenvalue weighted by atomic mass is 10.2. The smallest absolute Gasteiger partial charge is 0.0692 e. The molecular weight excluding hydrogens is 206 g/mol. The second-order valence-electron chi connectivity index (χ2n) is 3.05. The summed E-state index contributed by atoms with van der Waals surface area (Å²) >= 11 is 3.24. The van der Waals surface area contributed by atoms with Gasteiger partial charge in [0, 0.05) is 17.6 Å². The van der Waals surface area contributed by atoms with Crippen LogP contribution in [0.15, 0.2) is 11.1 Å². The molecule has 1 fully saturated rings. The fourth-order valence-electron chi connectivity index (χ4n) is 1.00. The van der Waals surface area contributed by atoms with E-state index in [-0.39, 0.29) is 6.10 Å². The van der Waals surface area contributed by atoms with Crippen LogP contribution in [0.1, 0.15) is 12.8 Å². The van der Waals surface area contributed by atoms with Gasteiger partial charge in [-0.25, -0.2) is 0 Å². The van der Waals surface area contributed by atoms with E-state index in [1.807, 2.05) is 0 Å². The van der Waals surface area contributed by atoms with Gasteiger partial charge < -0.3 is 10.4 Å². The average Bonchev–Trinajstić information content (AvgIpc) is 2.66. The molecule has 1 unspecified atom stereocenters. The van der Waals surface area contributed by atoms with Crippen molar-refractivity contribution in [2.24, 2.45) is 5.92 Å². The number of hydrogen-bond acceptors (Lipinski definition) is 2. The van der Waals surface area contributed by atoms with Gasteiger partial charge in [-0.3, -0.25) is 0 Å². The van der Waals surface area contributed by atoms with Crippen LogP contribution in [0.25, 0.3) is 0 Å². The summed E-state index contributed by atoms with van der Waals surface area (Å²) < 4.78 is 0.931. The van der Waals surface area contributed by atoms with Crippen LogP contribution in [0.5, 0.6) is 0 Å². The van der Waals surface area contributed by atoms with Gasteiger partial charge >= 0.3 is 0 Å². The highest BCUT2D eigenvalue weighted by Gasteiger charge is 2.28. The van der Waals surface area contributed by atoms with Gasteiger partial charge in [0.2, 0.25) is 0 Å². The van der Waals surface area contributed by atoms with Crippen molar-refractivity contribution >= 4 is 15.9 Å². The summed E-state index contributed by atoms with van der Waals surface area (Å²) in [7, 11) is 0. The van der Waals surface area contributed by atoms with E-state index in [4.69, 9.17) is 0 Å². The maximum atomic E-state index is 9.39. The third kappa shape index (κ3) is 3.89. The highest BCUT2D eigenvalue weighted by atomic mass is 79.9. The molecule has 0 radical (unpaired) electrons. The summed E-state index contributed by atoms with van der Waals surface area (Å²) in [4.78, 5) is 0. The van der Waals surface area contributed by atoms with Crippen LogP contribution in [0, 0.1) is 5.92 Å². The zero-order chi connectivity index (χ0) is 8.27. The Hall–Kier alpha value is 0.140. The molecule has 1 rings (SSSR count). The van der Waals surface area contributed by atoms with Gasteiger partial charge in [0.05, 0.1) is 6.10 Å². The molecular formula is C8H14BrNO. The first-order valence-electron chi connectivity index (χ1n) is 3.92. The Kier molecular flexibility index (Phi) is 3.55. The van der Waals surface area contributed by atoms with Crippen molar-refractivity contribution in [3.05, 3.63) is 11.1 Å². The fraction of sp³-hybridized carbons (Fsp3) is 0.750. The summed E-state index contributed by atoms with van der Waals surface area (Å²) in [6.07, 6.45) is 2.23. The number of aliphatic hydroxyl groups excluding tert-OH is 1. The third-order valence-electron chi connectivity index (χ3n) is 1.84. The molecule has 2 nitrogen and oxygen atoms in total. The average molecular weight is 220 g/mol. The quantitative estimate of drug-likeness (QED) is 0.730. The van der Waals surface area contributed by atoms with Crippen molar-refractivity contribution in [3.63, 3.8) is 0 Å². The molecule has 1 atom stereocenters. The minimum absolute atomic E-state index is 0.151. The van der Waals surface area contributed by atoms with E-state index in [9.17, 15) is 5.11 Å². The molecule has 1 aliphatic carbocycles. The van der Waals surface area contributed by atoms with Crippen molar-refractivity contribution in [1.29, 1.82) is 0 Å². The van der Waals surface area contributed by atoms with Crippen molar-refractivity contribution in [1.82, 2.24) is 5.32 Å². The van der Waals surface area contributed by atoms with Crippen LogP contribution in [-0.4, -0.2) is 24.3 Å². The first kappa shape index (κ1) is 9.23. The maximum absolute atomic E-state index is 9.39. The van der Waals surface area contributed by atoms with Gasteiger partial charge in [0.15, 0.2) is 0 Å². The minimum atomic E-state index is -0.151. The molecule has 0 heterocycles. The van der Waals surface area contributed by atoms with Gasteiger partial charge in [-0.05, 0) is 18.8 Å². The number of aliphatic hydroxyl groups is 1. The summed E-state index contributed by atoms with van der Waals surface area (Å²) in [5, 5.41) is 12.5. The molecule has 1 saturated carbocycles. The number of halogens is 1. The van der Waals surface area contributed by atoms with E-state index in [0.29, 0.717) is 12.5 Å². The van der Waals surface area contributed by atoms with Gasteiger partial charge in [-0.2, -0.15) is 0 Å². The van der Waals surface area contributed by atoms with E-state index < -0.39 is 0 Å². The van der Waals surface area contributed by atoms with Gasteiger partial charge in [-0.15, -0.1) is 0 Å². The monoisotopic (exact) mass is 219 g/mol. The molecule has 1 aliphatic rings. The molecule has 0 aromatic carbocycles. The standard InChI is InChI=1S/C8H14BrNO/c1-6(9)4-10-5-8(11)7-2-3-7/h7-8,10-11H,1-5H2. The van der Waals surface area contributed by atoms with Crippen molar-refractivity contribution in [2.45, 2.75) is 18.9 Å². The van der Waals surface area contributed by atoms with E-state index >= 15 is 0 Å². The maximum Gasteiger partial charge on any atom is 0.0692 e. The highest BCUT2D eigenvalue weighted by Crippen LogP contribution is 2.32. The predicted octanol–water partition coefficient (Wildman–Crippen LogP) is 1.26. The Balaban J connectivity index is 1.97. The first-order chi connectivity index (χ1) is 5.20. The summed E-state index contributed by atoms with van der Waals surface area (Å²) in [6.45, 7) is 5.11. The van der Waals surface area contributed by atoms with Crippen LogP contribution < -0.4 is 5.32 Å². The number of rotatable bonds is 5. The molecule has 3 heteroatoms. The summed E-state index contributed by atoms with van der Waals surface area (Å²) in [5.41, 5.74) is 0. The second kappa shape index (κ2) is 4.24. The van der Waals surface area contributed by atoms with E-state index in [2.05, 4.69) is 27.8 Å². The Morgan fingerprint density at radius 2 is 2.36 bits per heavy atom. The first-order valence-corrected chi connectivity index (χ1v) is 4.71.